The minimum absolute atomic E-state index is 0.0869. The molecule has 2 nitrogen and oxygen atoms in total. The van der Waals surface area contributed by atoms with Crippen LogP contribution in [0, 0.1) is 11.8 Å². The first-order valence-corrected chi connectivity index (χ1v) is 8.96. The molecule has 0 amide bonds. The zero-order valence-corrected chi connectivity index (χ0v) is 14.7. The highest BCUT2D eigenvalue weighted by atomic mass is 32.1. The molecule has 1 heterocycles. The second kappa shape index (κ2) is 6.15. The summed E-state index contributed by atoms with van der Waals surface area (Å²) >= 11 is 1.86. The minimum Gasteiger partial charge on any atom is -0.303 e. The Morgan fingerprint density at radius 2 is 1.95 bits per heavy atom. The Labute approximate surface area is 128 Å². The van der Waals surface area contributed by atoms with Crippen LogP contribution in [0.2, 0.25) is 0 Å². The van der Waals surface area contributed by atoms with Crippen molar-refractivity contribution in [2.24, 2.45) is 11.8 Å². The van der Waals surface area contributed by atoms with E-state index in [0.29, 0.717) is 17.9 Å². The molecule has 0 aliphatic heterocycles. The minimum atomic E-state index is 0.0869. The summed E-state index contributed by atoms with van der Waals surface area (Å²) in [6, 6.07) is 0.495. The van der Waals surface area contributed by atoms with Gasteiger partial charge in [0.2, 0.25) is 0 Å². The van der Waals surface area contributed by atoms with E-state index >= 15 is 0 Å². The average molecular weight is 295 g/mol. The van der Waals surface area contributed by atoms with Gasteiger partial charge in [-0.05, 0) is 44.4 Å². The molecule has 0 radical (unpaired) electrons. The van der Waals surface area contributed by atoms with E-state index in [1.807, 2.05) is 11.3 Å². The standard InChI is InChI=1S/C17H30N2S/c1-11(2)15-10-20-16(18-15)17(19-12(3)4)9-13(5)7-8-14(17)6/h10-14,19H,7-9H2,1-6H3. The lowest BCUT2D eigenvalue weighted by molar-refractivity contribution is 0.108. The number of thiazole rings is 1. The number of hydrogen-bond acceptors (Lipinski definition) is 3. The summed E-state index contributed by atoms with van der Waals surface area (Å²) in [5, 5.41) is 7.47. The van der Waals surface area contributed by atoms with Crippen LogP contribution >= 0.6 is 11.3 Å². The summed E-state index contributed by atoms with van der Waals surface area (Å²) < 4.78 is 0. The molecule has 20 heavy (non-hydrogen) atoms. The van der Waals surface area contributed by atoms with Crippen molar-refractivity contribution in [1.29, 1.82) is 0 Å². The topological polar surface area (TPSA) is 24.9 Å². The van der Waals surface area contributed by atoms with Crippen LogP contribution in [-0.4, -0.2) is 11.0 Å². The van der Waals surface area contributed by atoms with Crippen LogP contribution in [0.1, 0.15) is 77.4 Å². The first-order chi connectivity index (χ1) is 9.35. The number of nitrogens with zero attached hydrogens (tertiary/aromatic N) is 1. The predicted octanol–water partition coefficient (Wildman–Crippen LogP) is 4.92. The van der Waals surface area contributed by atoms with Crippen molar-refractivity contribution in [2.75, 3.05) is 0 Å². The Morgan fingerprint density at radius 3 is 2.50 bits per heavy atom. The third kappa shape index (κ3) is 3.09. The maximum absolute atomic E-state index is 5.00. The highest BCUT2D eigenvalue weighted by molar-refractivity contribution is 7.09. The average Bonchev–Trinajstić information content (AvgIpc) is 2.83. The molecule has 0 bridgehead atoms. The number of nitrogens with one attached hydrogen (secondary N) is 1. The normalized spacial score (nSPS) is 31.2. The van der Waals surface area contributed by atoms with E-state index in [2.05, 4.69) is 52.2 Å². The molecular formula is C17H30N2S. The molecule has 1 saturated carbocycles. The predicted molar refractivity (Wildman–Crippen MR) is 88.3 cm³/mol. The van der Waals surface area contributed by atoms with Gasteiger partial charge >= 0.3 is 0 Å². The molecule has 1 N–H and O–H groups in total. The van der Waals surface area contributed by atoms with Crippen molar-refractivity contribution in [3.05, 3.63) is 16.1 Å². The molecule has 1 aromatic heterocycles. The Kier molecular flexibility index (Phi) is 4.91. The molecule has 3 heteroatoms. The smallest absolute Gasteiger partial charge is 0.113 e. The van der Waals surface area contributed by atoms with Crippen LogP contribution in [0.25, 0.3) is 0 Å². The van der Waals surface area contributed by atoms with Crippen molar-refractivity contribution >= 4 is 11.3 Å². The van der Waals surface area contributed by atoms with Gasteiger partial charge in [0.15, 0.2) is 0 Å². The summed E-state index contributed by atoms with van der Waals surface area (Å²) in [6.07, 6.45) is 3.87. The molecule has 3 unspecified atom stereocenters. The molecule has 1 fully saturated rings. The monoisotopic (exact) mass is 294 g/mol. The fraction of sp³-hybridized carbons (Fsp3) is 0.824. The van der Waals surface area contributed by atoms with Gasteiger partial charge in [0, 0.05) is 11.4 Å². The SMILES string of the molecule is CC1CCC(C)C(NC(C)C)(c2nc(C(C)C)cs2)C1. The molecule has 1 aliphatic carbocycles. The highest BCUT2D eigenvalue weighted by Gasteiger charge is 2.44. The van der Waals surface area contributed by atoms with Gasteiger partial charge in [-0.25, -0.2) is 4.98 Å². The maximum Gasteiger partial charge on any atom is 0.113 e. The lowest BCUT2D eigenvalue weighted by Crippen LogP contribution is -2.53. The van der Waals surface area contributed by atoms with Crippen molar-refractivity contribution in [3.8, 4) is 0 Å². The molecule has 114 valence electrons. The van der Waals surface area contributed by atoms with Gasteiger partial charge in [-0.2, -0.15) is 0 Å². The molecule has 3 atom stereocenters. The Balaban J connectivity index is 2.39. The Hall–Kier alpha value is -0.410. The van der Waals surface area contributed by atoms with E-state index in [-0.39, 0.29) is 5.54 Å². The van der Waals surface area contributed by atoms with Gasteiger partial charge < -0.3 is 5.32 Å². The summed E-state index contributed by atoms with van der Waals surface area (Å²) in [5.74, 6) is 1.96. The van der Waals surface area contributed by atoms with Crippen LogP contribution in [0.4, 0.5) is 0 Å². The maximum atomic E-state index is 5.00. The summed E-state index contributed by atoms with van der Waals surface area (Å²) in [5.41, 5.74) is 1.34. The van der Waals surface area contributed by atoms with Crippen molar-refractivity contribution in [3.63, 3.8) is 0 Å². The zero-order valence-electron chi connectivity index (χ0n) is 13.9. The van der Waals surface area contributed by atoms with Crippen LogP contribution < -0.4 is 5.32 Å². The number of rotatable bonds is 4. The lowest BCUT2D eigenvalue weighted by Gasteiger charge is -2.45. The van der Waals surface area contributed by atoms with E-state index in [9.17, 15) is 0 Å². The van der Waals surface area contributed by atoms with Crippen molar-refractivity contribution in [2.45, 2.75) is 78.3 Å². The fourth-order valence-corrected chi connectivity index (χ4v) is 4.74. The van der Waals surface area contributed by atoms with Crippen LogP contribution in [0.3, 0.4) is 0 Å². The molecule has 1 aromatic rings. The molecular weight excluding hydrogens is 264 g/mol. The van der Waals surface area contributed by atoms with Crippen LogP contribution in [0.5, 0.6) is 0 Å². The van der Waals surface area contributed by atoms with Gasteiger partial charge in [-0.1, -0.05) is 34.1 Å². The van der Waals surface area contributed by atoms with Crippen molar-refractivity contribution < 1.29 is 0 Å². The first kappa shape index (κ1) is 16.0. The number of aromatic nitrogens is 1. The van der Waals surface area contributed by atoms with Gasteiger partial charge in [0.25, 0.3) is 0 Å². The van der Waals surface area contributed by atoms with Crippen LogP contribution in [0.15, 0.2) is 5.38 Å². The first-order valence-electron chi connectivity index (χ1n) is 8.08. The third-order valence-corrected chi connectivity index (χ3v) is 5.68. The molecule has 2 rings (SSSR count). The summed E-state index contributed by atoms with van der Waals surface area (Å²) in [6.45, 7) is 13.8. The number of hydrogen-bond donors (Lipinski definition) is 1. The molecule has 0 aromatic carbocycles. The Bertz CT molecular complexity index is 434. The van der Waals surface area contributed by atoms with Gasteiger partial charge in [0.1, 0.15) is 5.01 Å². The van der Waals surface area contributed by atoms with E-state index in [1.54, 1.807) is 0 Å². The van der Waals surface area contributed by atoms with Crippen molar-refractivity contribution in [1.82, 2.24) is 10.3 Å². The van der Waals surface area contributed by atoms with Gasteiger partial charge in [-0.15, -0.1) is 11.3 Å². The van der Waals surface area contributed by atoms with E-state index in [4.69, 9.17) is 4.98 Å². The molecule has 0 spiro atoms. The van der Waals surface area contributed by atoms with E-state index in [1.165, 1.54) is 30.0 Å². The van der Waals surface area contributed by atoms with Gasteiger partial charge in [0.05, 0.1) is 11.2 Å². The quantitative estimate of drug-likeness (QED) is 0.853. The highest BCUT2D eigenvalue weighted by Crippen LogP contribution is 2.45. The van der Waals surface area contributed by atoms with E-state index in [0.717, 1.165) is 5.92 Å². The zero-order chi connectivity index (χ0) is 14.9. The fourth-order valence-electron chi connectivity index (χ4n) is 3.47. The Morgan fingerprint density at radius 1 is 1.25 bits per heavy atom. The largest absolute Gasteiger partial charge is 0.303 e. The third-order valence-electron chi connectivity index (χ3n) is 4.65. The second-order valence-electron chi connectivity index (χ2n) is 7.29. The van der Waals surface area contributed by atoms with Gasteiger partial charge in [-0.3, -0.25) is 0 Å². The summed E-state index contributed by atoms with van der Waals surface area (Å²) in [4.78, 5) is 5.00. The van der Waals surface area contributed by atoms with Crippen LogP contribution in [-0.2, 0) is 5.54 Å². The lowest BCUT2D eigenvalue weighted by atomic mass is 9.69. The molecule has 1 aliphatic rings. The second-order valence-corrected chi connectivity index (χ2v) is 8.15. The van der Waals surface area contributed by atoms with E-state index < -0.39 is 0 Å². The molecule has 0 saturated heterocycles. The summed E-state index contributed by atoms with van der Waals surface area (Å²) in [7, 11) is 0.